The summed E-state index contributed by atoms with van der Waals surface area (Å²) in [7, 11) is -1.43. The molecular weight excluding hydrogens is 286 g/mol. The van der Waals surface area contributed by atoms with Gasteiger partial charge in [-0.15, -0.1) is 0 Å². The van der Waals surface area contributed by atoms with Crippen LogP contribution in [-0.2, 0) is 9.47 Å². The van der Waals surface area contributed by atoms with E-state index in [2.05, 4.69) is 19.6 Å². The standard InChI is InChI=1S/C15H23NO4Si/c1-6-19-14(17)16(15(18)20-7-2)12-8-10-13(11-9-12)21(3,4)5/h8-11H,6-7H2,1-5H3. The molecule has 1 aromatic rings. The van der Waals surface area contributed by atoms with E-state index in [1.165, 1.54) is 5.19 Å². The predicted octanol–water partition coefficient (Wildman–Crippen LogP) is 3.35. The van der Waals surface area contributed by atoms with Gasteiger partial charge in [0.05, 0.1) is 27.0 Å². The first-order valence-corrected chi connectivity index (χ1v) is 10.6. The molecule has 0 radical (unpaired) electrons. The van der Waals surface area contributed by atoms with E-state index >= 15 is 0 Å². The van der Waals surface area contributed by atoms with Gasteiger partial charge in [-0.1, -0.05) is 37.0 Å². The first-order chi connectivity index (χ1) is 9.81. The quantitative estimate of drug-likeness (QED) is 0.800. The van der Waals surface area contributed by atoms with E-state index in [-0.39, 0.29) is 13.2 Å². The molecule has 0 aliphatic rings. The molecule has 0 N–H and O–H groups in total. The molecule has 2 amide bonds. The third-order valence-corrected chi connectivity index (χ3v) is 4.96. The van der Waals surface area contributed by atoms with Crippen molar-refractivity contribution >= 4 is 31.1 Å². The van der Waals surface area contributed by atoms with Crippen LogP contribution in [0.4, 0.5) is 15.3 Å². The number of hydrogen-bond donors (Lipinski definition) is 0. The van der Waals surface area contributed by atoms with Crippen LogP contribution in [0.5, 0.6) is 0 Å². The van der Waals surface area contributed by atoms with Crippen molar-refractivity contribution in [2.24, 2.45) is 0 Å². The fourth-order valence-electron chi connectivity index (χ4n) is 1.77. The van der Waals surface area contributed by atoms with Crippen molar-refractivity contribution in [2.75, 3.05) is 18.1 Å². The number of rotatable bonds is 4. The fourth-order valence-corrected chi connectivity index (χ4v) is 2.94. The van der Waals surface area contributed by atoms with Gasteiger partial charge >= 0.3 is 12.2 Å². The number of carbonyl (C=O) groups excluding carboxylic acids is 2. The molecule has 0 aromatic heterocycles. The van der Waals surface area contributed by atoms with Crippen molar-refractivity contribution < 1.29 is 19.1 Å². The van der Waals surface area contributed by atoms with Crippen molar-refractivity contribution in [2.45, 2.75) is 33.5 Å². The smallest absolute Gasteiger partial charge is 0.423 e. The zero-order chi connectivity index (χ0) is 16.0. The molecule has 0 unspecified atom stereocenters. The molecule has 1 aromatic carbocycles. The lowest BCUT2D eigenvalue weighted by Gasteiger charge is -2.21. The molecule has 0 aliphatic heterocycles. The molecular formula is C15H23NO4Si. The van der Waals surface area contributed by atoms with Crippen LogP contribution in [0.25, 0.3) is 0 Å². The van der Waals surface area contributed by atoms with Gasteiger partial charge in [-0.25, -0.2) is 9.59 Å². The van der Waals surface area contributed by atoms with Gasteiger partial charge in [-0.3, -0.25) is 0 Å². The lowest BCUT2D eigenvalue weighted by molar-refractivity contribution is 0.140. The second kappa shape index (κ2) is 7.26. The largest absolute Gasteiger partial charge is 0.449 e. The molecule has 0 aliphatic carbocycles. The topological polar surface area (TPSA) is 55.8 Å². The Balaban J connectivity index is 3.08. The highest BCUT2D eigenvalue weighted by Gasteiger charge is 2.26. The summed E-state index contributed by atoms with van der Waals surface area (Å²) in [6.45, 7) is 10.5. The third-order valence-electron chi connectivity index (χ3n) is 2.89. The summed E-state index contributed by atoms with van der Waals surface area (Å²) in [6.07, 6.45) is -1.45. The van der Waals surface area contributed by atoms with E-state index < -0.39 is 20.3 Å². The molecule has 21 heavy (non-hydrogen) atoms. The molecule has 0 bridgehead atoms. The zero-order valence-corrected chi connectivity index (χ0v) is 14.3. The summed E-state index contributed by atoms with van der Waals surface area (Å²) >= 11 is 0. The van der Waals surface area contributed by atoms with Crippen LogP contribution in [0.3, 0.4) is 0 Å². The summed E-state index contributed by atoms with van der Waals surface area (Å²) in [6, 6.07) is 7.41. The number of hydrogen-bond acceptors (Lipinski definition) is 4. The van der Waals surface area contributed by atoms with E-state index in [0.29, 0.717) is 5.69 Å². The second-order valence-corrected chi connectivity index (χ2v) is 10.6. The van der Waals surface area contributed by atoms with Crippen LogP contribution in [0, 0.1) is 0 Å². The van der Waals surface area contributed by atoms with Crippen LogP contribution in [0.1, 0.15) is 13.8 Å². The van der Waals surface area contributed by atoms with E-state index in [1.54, 1.807) is 26.0 Å². The maximum Gasteiger partial charge on any atom is 0.423 e. The highest BCUT2D eigenvalue weighted by atomic mass is 28.3. The highest BCUT2D eigenvalue weighted by Crippen LogP contribution is 2.17. The first-order valence-electron chi connectivity index (χ1n) is 7.05. The van der Waals surface area contributed by atoms with Crippen molar-refractivity contribution in [3.05, 3.63) is 24.3 Å². The van der Waals surface area contributed by atoms with E-state index in [4.69, 9.17) is 9.47 Å². The van der Waals surface area contributed by atoms with Crippen molar-refractivity contribution in [1.29, 1.82) is 0 Å². The monoisotopic (exact) mass is 309 g/mol. The average molecular weight is 309 g/mol. The Morgan fingerprint density at radius 3 is 1.71 bits per heavy atom. The number of carbonyl (C=O) groups is 2. The Hall–Kier alpha value is -1.82. The molecule has 0 spiro atoms. The Kier molecular flexibility index (Phi) is 5.96. The summed E-state index contributed by atoms with van der Waals surface area (Å²) < 4.78 is 9.84. The van der Waals surface area contributed by atoms with Crippen molar-refractivity contribution in [1.82, 2.24) is 0 Å². The van der Waals surface area contributed by atoms with Crippen molar-refractivity contribution in [3.63, 3.8) is 0 Å². The number of nitrogens with zero attached hydrogens (tertiary/aromatic N) is 1. The minimum absolute atomic E-state index is 0.196. The van der Waals surface area contributed by atoms with Gasteiger partial charge in [0.2, 0.25) is 0 Å². The molecule has 1 rings (SSSR count). The summed E-state index contributed by atoms with van der Waals surface area (Å²) in [5.74, 6) is 0. The van der Waals surface area contributed by atoms with Gasteiger partial charge in [0.25, 0.3) is 0 Å². The molecule has 5 nitrogen and oxygen atoms in total. The van der Waals surface area contributed by atoms with Gasteiger partial charge in [0.1, 0.15) is 0 Å². The van der Waals surface area contributed by atoms with Gasteiger partial charge in [-0.05, 0) is 26.0 Å². The maximum absolute atomic E-state index is 12.0. The summed E-state index contributed by atoms with van der Waals surface area (Å²) in [5.41, 5.74) is 0.453. The molecule has 0 fully saturated rings. The highest BCUT2D eigenvalue weighted by molar-refractivity contribution is 6.88. The number of amides is 2. The zero-order valence-electron chi connectivity index (χ0n) is 13.3. The number of imide groups is 1. The molecule has 0 atom stereocenters. The third kappa shape index (κ3) is 4.59. The summed E-state index contributed by atoms with van der Waals surface area (Å²) in [4.78, 5) is 24.8. The van der Waals surface area contributed by atoms with Gasteiger partial charge in [0.15, 0.2) is 0 Å². The van der Waals surface area contributed by atoms with E-state index in [0.717, 1.165) is 4.90 Å². The normalized spacial score (nSPS) is 10.9. The average Bonchev–Trinajstić information content (AvgIpc) is 2.39. The van der Waals surface area contributed by atoms with Gasteiger partial charge in [0, 0.05) is 0 Å². The van der Waals surface area contributed by atoms with Crippen LogP contribution in [0.15, 0.2) is 24.3 Å². The Morgan fingerprint density at radius 1 is 0.952 bits per heavy atom. The lowest BCUT2D eigenvalue weighted by atomic mass is 10.3. The number of ether oxygens (including phenoxy) is 2. The Labute approximate surface area is 126 Å². The molecule has 116 valence electrons. The van der Waals surface area contributed by atoms with Crippen molar-refractivity contribution in [3.8, 4) is 0 Å². The first kappa shape index (κ1) is 17.2. The van der Waals surface area contributed by atoms with E-state index in [1.807, 2.05) is 12.1 Å². The SMILES string of the molecule is CCOC(=O)N(C(=O)OCC)c1ccc([Si](C)(C)C)cc1. The number of benzene rings is 1. The number of anilines is 1. The minimum Gasteiger partial charge on any atom is -0.449 e. The fraction of sp³-hybridized carbons (Fsp3) is 0.467. The minimum atomic E-state index is -1.43. The van der Waals surface area contributed by atoms with Crippen LogP contribution >= 0.6 is 0 Å². The van der Waals surface area contributed by atoms with E-state index in [9.17, 15) is 9.59 Å². The van der Waals surface area contributed by atoms with Gasteiger partial charge in [-0.2, -0.15) is 4.90 Å². The van der Waals surface area contributed by atoms with Crippen LogP contribution in [-0.4, -0.2) is 33.5 Å². The van der Waals surface area contributed by atoms with Gasteiger partial charge < -0.3 is 9.47 Å². The molecule has 0 saturated heterocycles. The Bertz CT molecular complexity index is 475. The Morgan fingerprint density at radius 2 is 1.38 bits per heavy atom. The lowest BCUT2D eigenvalue weighted by Crippen LogP contribution is -2.40. The second-order valence-electron chi connectivity index (χ2n) is 5.53. The molecule has 0 saturated carbocycles. The van der Waals surface area contributed by atoms with Crippen LogP contribution < -0.4 is 10.1 Å². The maximum atomic E-state index is 12.0. The summed E-state index contributed by atoms with van der Waals surface area (Å²) in [5, 5.41) is 1.25. The predicted molar refractivity (Wildman–Crippen MR) is 85.9 cm³/mol. The van der Waals surface area contributed by atoms with Crippen LogP contribution in [0.2, 0.25) is 19.6 Å². The molecule has 0 heterocycles. The molecule has 6 heteroatoms.